The highest BCUT2D eigenvalue weighted by Gasteiger charge is 2.18. The number of rotatable bonds is 9. The Morgan fingerprint density at radius 3 is 2.73 bits per heavy atom. The average Bonchev–Trinajstić information content (AvgIpc) is 3.43. The standard InChI is InChI=1S/C23H21ClN6O2S/c1-2-32-12-11-30-22(15-7-9-16(24)10-8-15)28-29-23(30)33-14-20(31)17(13-25)21-26-18-5-3-4-6-19(18)27-21/h3-10,31H,2,11-12,14H2,1H3,(H,26,27)/b20-17+. The fraction of sp³-hybridized carbons (Fsp3) is 0.217. The first-order chi connectivity index (χ1) is 16.1. The van der Waals surface area contributed by atoms with Crippen molar-refractivity contribution >= 4 is 40.0 Å². The van der Waals surface area contributed by atoms with Gasteiger partial charge in [-0.25, -0.2) is 4.98 Å². The van der Waals surface area contributed by atoms with Gasteiger partial charge in [0.1, 0.15) is 17.4 Å². The molecule has 8 nitrogen and oxygen atoms in total. The summed E-state index contributed by atoms with van der Waals surface area (Å²) in [4.78, 5) is 7.49. The quantitative estimate of drug-likeness (QED) is 0.148. The van der Waals surface area contributed by atoms with Crippen LogP contribution in [0.25, 0.3) is 28.0 Å². The smallest absolute Gasteiger partial charge is 0.192 e. The van der Waals surface area contributed by atoms with E-state index < -0.39 is 0 Å². The van der Waals surface area contributed by atoms with Crippen LogP contribution in [-0.4, -0.2) is 48.8 Å². The number of imidazole rings is 1. The number of nitrogens with one attached hydrogen (secondary N) is 1. The van der Waals surface area contributed by atoms with Crippen molar-refractivity contribution in [2.24, 2.45) is 0 Å². The van der Waals surface area contributed by atoms with Crippen LogP contribution in [0.4, 0.5) is 0 Å². The Morgan fingerprint density at radius 1 is 1.21 bits per heavy atom. The molecule has 10 heteroatoms. The van der Waals surface area contributed by atoms with E-state index in [0.717, 1.165) is 16.6 Å². The Bertz CT molecular complexity index is 1290. The third-order valence-electron chi connectivity index (χ3n) is 4.85. The second kappa shape index (κ2) is 10.5. The Balaban J connectivity index is 1.59. The number of aliphatic hydroxyl groups excluding tert-OH is 1. The first kappa shape index (κ1) is 22.9. The molecule has 4 aromatic rings. The van der Waals surface area contributed by atoms with Gasteiger partial charge in [0.15, 0.2) is 16.8 Å². The van der Waals surface area contributed by atoms with E-state index in [9.17, 15) is 10.4 Å². The molecule has 33 heavy (non-hydrogen) atoms. The van der Waals surface area contributed by atoms with E-state index in [1.807, 2.05) is 47.9 Å². The second-order valence-corrected chi connectivity index (χ2v) is 8.37. The predicted molar refractivity (Wildman–Crippen MR) is 129 cm³/mol. The van der Waals surface area contributed by atoms with Gasteiger partial charge in [0, 0.05) is 17.2 Å². The molecule has 0 saturated heterocycles. The number of halogens is 1. The number of hydrogen-bond acceptors (Lipinski definition) is 7. The molecule has 2 N–H and O–H groups in total. The predicted octanol–water partition coefficient (Wildman–Crippen LogP) is 5.10. The number of para-hydroxylation sites is 2. The molecule has 0 aliphatic carbocycles. The summed E-state index contributed by atoms with van der Waals surface area (Å²) in [5.74, 6) is 1.05. The molecular formula is C23H21ClN6O2S. The lowest BCUT2D eigenvalue weighted by Gasteiger charge is -2.10. The van der Waals surface area contributed by atoms with Crippen molar-refractivity contribution in [3.8, 4) is 17.5 Å². The van der Waals surface area contributed by atoms with Crippen molar-refractivity contribution in [2.45, 2.75) is 18.6 Å². The van der Waals surface area contributed by atoms with Crippen LogP contribution in [0.2, 0.25) is 5.02 Å². The van der Waals surface area contributed by atoms with Crippen molar-refractivity contribution in [3.63, 3.8) is 0 Å². The molecule has 0 amide bonds. The largest absolute Gasteiger partial charge is 0.510 e. The van der Waals surface area contributed by atoms with Crippen molar-refractivity contribution in [3.05, 3.63) is 65.1 Å². The lowest BCUT2D eigenvalue weighted by molar-refractivity contribution is 0.137. The zero-order chi connectivity index (χ0) is 23.2. The summed E-state index contributed by atoms with van der Waals surface area (Å²) in [5, 5.41) is 30.2. The van der Waals surface area contributed by atoms with Crippen LogP contribution in [0.15, 0.2) is 59.4 Å². The van der Waals surface area contributed by atoms with Crippen LogP contribution in [0.3, 0.4) is 0 Å². The van der Waals surface area contributed by atoms with E-state index in [0.29, 0.717) is 41.6 Å². The Labute approximate surface area is 199 Å². The van der Waals surface area contributed by atoms with E-state index in [-0.39, 0.29) is 17.1 Å². The summed E-state index contributed by atoms with van der Waals surface area (Å²) < 4.78 is 7.45. The van der Waals surface area contributed by atoms with Gasteiger partial charge < -0.3 is 14.8 Å². The van der Waals surface area contributed by atoms with Crippen LogP contribution in [-0.2, 0) is 11.3 Å². The molecule has 0 spiro atoms. The molecule has 2 aromatic heterocycles. The van der Waals surface area contributed by atoms with Crippen molar-refractivity contribution in [1.29, 1.82) is 5.26 Å². The molecule has 2 aromatic carbocycles. The highest BCUT2D eigenvalue weighted by Crippen LogP contribution is 2.28. The Kier molecular flexibility index (Phi) is 7.29. The third kappa shape index (κ3) is 5.20. The van der Waals surface area contributed by atoms with Crippen LogP contribution in [0.1, 0.15) is 12.7 Å². The molecule has 168 valence electrons. The number of aromatic nitrogens is 5. The molecule has 0 saturated carbocycles. The van der Waals surface area contributed by atoms with E-state index in [1.54, 1.807) is 12.1 Å². The molecule has 0 bridgehead atoms. The van der Waals surface area contributed by atoms with E-state index >= 15 is 0 Å². The summed E-state index contributed by atoms with van der Waals surface area (Å²) in [7, 11) is 0. The monoisotopic (exact) mass is 480 g/mol. The maximum absolute atomic E-state index is 10.7. The number of aliphatic hydroxyl groups is 1. The second-order valence-electron chi connectivity index (χ2n) is 6.99. The van der Waals surface area contributed by atoms with Crippen molar-refractivity contribution < 1.29 is 9.84 Å². The molecule has 0 fully saturated rings. The summed E-state index contributed by atoms with van der Waals surface area (Å²) in [6, 6.07) is 16.9. The van der Waals surface area contributed by atoms with E-state index in [1.165, 1.54) is 11.8 Å². The van der Waals surface area contributed by atoms with Crippen LogP contribution < -0.4 is 0 Å². The minimum absolute atomic E-state index is 0.0889. The minimum Gasteiger partial charge on any atom is -0.510 e. The summed E-state index contributed by atoms with van der Waals surface area (Å²) >= 11 is 7.30. The maximum Gasteiger partial charge on any atom is 0.192 e. The number of thioether (sulfide) groups is 1. The van der Waals surface area contributed by atoms with Gasteiger partial charge in [-0.2, -0.15) is 5.26 Å². The molecule has 4 rings (SSSR count). The summed E-state index contributed by atoms with van der Waals surface area (Å²) in [6.45, 7) is 3.58. The van der Waals surface area contributed by atoms with E-state index in [4.69, 9.17) is 16.3 Å². The van der Waals surface area contributed by atoms with Crippen molar-refractivity contribution in [1.82, 2.24) is 24.7 Å². The van der Waals surface area contributed by atoms with Gasteiger partial charge in [-0.1, -0.05) is 35.5 Å². The highest BCUT2D eigenvalue weighted by molar-refractivity contribution is 7.99. The van der Waals surface area contributed by atoms with Gasteiger partial charge in [-0.05, 0) is 43.3 Å². The number of benzene rings is 2. The Morgan fingerprint density at radius 2 is 2.00 bits per heavy atom. The van der Waals surface area contributed by atoms with Gasteiger partial charge in [-0.15, -0.1) is 10.2 Å². The minimum atomic E-state index is -0.0889. The first-order valence-corrected chi connectivity index (χ1v) is 11.6. The van der Waals surface area contributed by atoms with Gasteiger partial charge in [0.25, 0.3) is 0 Å². The van der Waals surface area contributed by atoms with E-state index in [2.05, 4.69) is 26.2 Å². The molecule has 2 heterocycles. The molecule has 0 aliphatic heterocycles. The fourth-order valence-electron chi connectivity index (χ4n) is 3.24. The Hall–Kier alpha value is -3.32. The molecule has 0 radical (unpaired) electrons. The first-order valence-electron chi connectivity index (χ1n) is 10.3. The lowest BCUT2D eigenvalue weighted by atomic mass is 10.2. The third-order valence-corrected chi connectivity index (χ3v) is 6.08. The number of H-pyrrole nitrogens is 1. The number of nitrogens with zero attached hydrogens (tertiary/aromatic N) is 5. The van der Waals surface area contributed by atoms with Gasteiger partial charge in [0.2, 0.25) is 0 Å². The molecule has 0 atom stereocenters. The molecule has 0 aliphatic rings. The van der Waals surface area contributed by atoms with Gasteiger partial charge in [-0.3, -0.25) is 4.57 Å². The number of fused-ring (bicyclic) bond motifs is 1. The number of hydrogen-bond donors (Lipinski definition) is 2. The van der Waals surface area contributed by atoms with Gasteiger partial charge in [0.05, 0.1) is 29.9 Å². The lowest BCUT2D eigenvalue weighted by Crippen LogP contribution is -2.09. The van der Waals surface area contributed by atoms with Crippen LogP contribution in [0, 0.1) is 11.3 Å². The zero-order valence-corrected chi connectivity index (χ0v) is 19.4. The SMILES string of the molecule is CCOCCn1c(SC/C(O)=C(/C#N)c2nc3ccccc3[nH]2)nnc1-c1ccc(Cl)cc1. The number of ether oxygens (including phenoxy) is 1. The van der Waals surface area contributed by atoms with Crippen molar-refractivity contribution in [2.75, 3.05) is 19.0 Å². The van der Waals surface area contributed by atoms with Gasteiger partial charge >= 0.3 is 0 Å². The molecule has 0 unspecified atom stereocenters. The molecular weight excluding hydrogens is 460 g/mol. The number of aromatic amines is 1. The highest BCUT2D eigenvalue weighted by atomic mass is 35.5. The normalized spacial score (nSPS) is 12.0. The summed E-state index contributed by atoms with van der Waals surface area (Å²) in [6.07, 6.45) is 0. The average molecular weight is 481 g/mol. The number of nitriles is 1. The number of allylic oxidation sites excluding steroid dienone is 1. The fourth-order valence-corrected chi connectivity index (χ4v) is 4.21. The van der Waals surface area contributed by atoms with Crippen LogP contribution >= 0.6 is 23.4 Å². The topological polar surface area (TPSA) is 113 Å². The maximum atomic E-state index is 10.7. The zero-order valence-electron chi connectivity index (χ0n) is 17.8. The summed E-state index contributed by atoms with van der Waals surface area (Å²) in [5.41, 5.74) is 2.49. The van der Waals surface area contributed by atoms with Crippen LogP contribution in [0.5, 0.6) is 0 Å².